The van der Waals surface area contributed by atoms with Crippen LogP contribution >= 0.6 is 0 Å². The third-order valence-corrected chi connectivity index (χ3v) is 3.36. The fraction of sp³-hybridized carbons (Fsp3) is 0.333. The summed E-state index contributed by atoms with van der Waals surface area (Å²) in [6.45, 7) is 3.74. The van der Waals surface area contributed by atoms with Crippen LogP contribution in [-0.4, -0.2) is 20.4 Å². The normalized spacial score (nSPS) is 12.9. The number of aliphatic hydroxyl groups is 2. The Bertz CT molecular complexity index is 517. The highest BCUT2D eigenvalue weighted by molar-refractivity contribution is 5.34. The van der Waals surface area contributed by atoms with Crippen molar-refractivity contribution < 1.29 is 20.4 Å². The van der Waals surface area contributed by atoms with Crippen LogP contribution in [0, 0.1) is 0 Å². The molecule has 2 atom stereocenters. The van der Waals surface area contributed by atoms with Gasteiger partial charge in [-0.3, -0.25) is 0 Å². The first kappa shape index (κ1) is 18.0. The van der Waals surface area contributed by atoms with Gasteiger partial charge in [0, 0.05) is 11.1 Å². The lowest BCUT2D eigenvalue weighted by Gasteiger charge is -2.08. The molecule has 4 heteroatoms. The van der Waals surface area contributed by atoms with Crippen molar-refractivity contribution >= 4 is 0 Å². The van der Waals surface area contributed by atoms with Crippen molar-refractivity contribution in [3.8, 4) is 11.5 Å². The number of para-hydroxylation sites is 2. The minimum absolute atomic E-state index is 0.168. The fourth-order valence-corrected chi connectivity index (χ4v) is 1.98. The molecule has 0 heterocycles. The van der Waals surface area contributed by atoms with Crippen molar-refractivity contribution in [2.45, 2.75) is 38.9 Å². The van der Waals surface area contributed by atoms with E-state index in [-0.39, 0.29) is 11.5 Å². The van der Waals surface area contributed by atoms with Gasteiger partial charge in [-0.05, 0) is 25.0 Å². The topological polar surface area (TPSA) is 80.9 Å². The number of hydrogen-bond donors (Lipinski definition) is 4. The average Bonchev–Trinajstić information content (AvgIpc) is 2.55. The van der Waals surface area contributed by atoms with E-state index in [0.29, 0.717) is 24.0 Å². The zero-order valence-corrected chi connectivity index (χ0v) is 13.0. The highest BCUT2D eigenvalue weighted by Crippen LogP contribution is 2.25. The SMILES string of the molecule is CCC(O)c1ccccc1O.CCC(O)c1ccccc1O. The lowest BCUT2D eigenvalue weighted by Crippen LogP contribution is -1.94. The first-order valence-corrected chi connectivity index (χ1v) is 7.43. The molecule has 0 fully saturated rings. The lowest BCUT2D eigenvalue weighted by atomic mass is 10.1. The van der Waals surface area contributed by atoms with Crippen molar-refractivity contribution in [3.63, 3.8) is 0 Å². The standard InChI is InChI=1S/2C9H12O2/c2*1-2-8(10)7-5-3-4-6-9(7)11/h2*3-6,8,10-11H,2H2,1H3. The first-order valence-electron chi connectivity index (χ1n) is 7.43. The van der Waals surface area contributed by atoms with E-state index in [1.54, 1.807) is 48.5 Å². The largest absolute Gasteiger partial charge is 0.508 e. The minimum Gasteiger partial charge on any atom is -0.508 e. The Balaban J connectivity index is 0.000000220. The summed E-state index contributed by atoms with van der Waals surface area (Å²) in [5.41, 5.74) is 1.21. The van der Waals surface area contributed by atoms with Crippen LogP contribution in [0.5, 0.6) is 11.5 Å². The zero-order valence-electron chi connectivity index (χ0n) is 13.0. The molecule has 0 aliphatic rings. The maximum absolute atomic E-state index is 9.35. The molecule has 4 nitrogen and oxygen atoms in total. The molecule has 0 amide bonds. The fourth-order valence-electron chi connectivity index (χ4n) is 1.98. The Hall–Kier alpha value is -2.04. The molecule has 0 aliphatic heterocycles. The van der Waals surface area contributed by atoms with Crippen LogP contribution in [0.1, 0.15) is 50.0 Å². The number of aromatic hydroxyl groups is 2. The predicted molar refractivity (Wildman–Crippen MR) is 86.7 cm³/mol. The Kier molecular flexibility index (Phi) is 7.43. The zero-order chi connectivity index (χ0) is 16.5. The van der Waals surface area contributed by atoms with Crippen molar-refractivity contribution in [1.29, 1.82) is 0 Å². The number of aliphatic hydroxyl groups excluding tert-OH is 2. The minimum atomic E-state index is -0.545. The highest BCUT2D eigenvalue weighted by atomic mass is 16.3. The van der Waals surface area contributed by atoms with E-state index < -0.39 is 12.2 Å². The summed E-state index contributed by atoms with van der Waals surface area (Å²) in [7, 11) is 0. The first-order chi connectivity index (χ1) is 10.5. The molecule has 2 unspecified atom stereocenters. The van der Waals surface area contributed by atoms with Gasteiger partial charge in [0.25, 0.3) is 0 Å². The molecule has 0 spiro atoms. The number of phenols is 2. The Labute approximate surface area is 131 Å². The molecule has 0 aliphatic carbocycles. The molecular weight excluding hydrogens is 280 g/mol. The Morgan fingerprint density at radius 3 is 1.27 bits per heavy atom. The summed E-state index contributed by atoms with van der Waals surface area (Å²) in [5, 5.41) is 37.2. The molecule has 0 aromatic heterocycles. The predicted octanol–water partition coefficient (Wildman–Crippen LogP) is 3.67. The number of hydrogen-bond acceptors (Lipinski definition) is 4. The molecular formula is C18H24O4. The molecule has 0 saturated heterocycles. The third-order valence-electron chi connectivity index (χ3n) is 3.36. The molecule has 0 saturated carbocycles. The van der Waals surface area contributed by atoms with E-state index in [9.17, 15) is 20.4 Å². The van der Waals surface area contributed by atoms with Gasteiger partial charge < -0.3 is 20.4 Å². The van der Waals surface area contributed by atoms with Gasteiger partial charge in [-0.1, -0.05) is 50.2 Å². The monoisotopic (exact) mass is 304 g/mol. The Morgan fingerprint density at radius 2 is 1.00 bits per heavy atom. The third kappa shape index (κ3) is 5.06. The molecule has 2 aromatic rings. The van der Waals surface area contributed by atoms with Crippen LogP contribution in [0.2, 0.25) is 0 Å². The van der Waals surface area contributed by atoms with E-state index in [0.717, 1.165) is 0 Å². The quantitative estimate of drug-likeness (QED) is 0.694. The molecule has 4 N–H and O–H groups in total. The summed E-state index contributed by atoms with van der Waals surface area (Å²) < 4.78 is 0. The van der Waals surface area contributed by atoms with Gasteiger partial charge in [0.1, 0.15) is 11.5 Å². The smallest absolute Gasteiger partial charge is 0.121 e. The molecule has 0 radical (unpaired) electrons. The highest BCUT2D eigenvalue weighted by Gasteiger charge is 2.08. The van der Waals surface area contributed by atoms with Gasteiger partial charge in [-0.25, -0.2) is 0 Å². The van der Waals surface area contributed by atoms with Crippen LogP contribution in [0.15, 0.2) is 48.5 Å². The van der Waals surface area contributed by atoms with Gasteiger partial charge in [0.15, 0.2) is 0 Å². The summed E-state index contributed by atoms with van der Waals surface area (Å²) in [4.78, 5) is 0. The second-order valence-corrected chi connectivity index (χ2v) is 4.97. The van der Waals surface area contributed by atoms with Gasteiger partial charge >= 0.3 is 0 Å². The van der Waals surface area contributed by atoms with Gasteiger partial charge in [-0.2, -0.15) is 0 Å². The molecule has 120 valence electrons. The van der Waals surface area contributed by atoms with Gasteiger partial charge in [0.05, 0.1) is 12.2 Å². The maximum Gasteiger partial charge on any atom is 0.121 e. The van der Waals surface area contributed by atoms with Gasteiger partial charge in [-0.15, -0.1) is 0 Å². The van der Waals surface area contributed by atoms with Gasteiger partial charge in [0.2, 0.25) is 0 Å². The molecule has 22 heavy (non-hydrogen) atoms. The van der Waals surface area contributed by atoms with E-state index in [1.807, 2.05) is 13.8 Å². The average molecular weight is 304 g/mol. The van der Waals surface area contributed by atoms with Crippen LogP contribution in [0.25, 0.3) is 0 Å². The van der Waals surface area contributed by atoms with Crippen LogP contribution in [-0.2, 0) is 0 Å². The van der Waals surface area contributed by atoms with E-state index in [4.69, 9.17) is 0 Å². The number of benzene rings is 2. The van der Waals surface area contributed by atoms with Crippen LogP contribution in [0.3, 0.4) is 0 Å². The molecule has 2 rings (SSSR count). The van der Waals surface area contributed by atoms with E-state index in [2.05, 4.69) is 0 Å². The number of rotatable bonds is 4. The lowest BCUT2D eigenvalue weighted by molar-refractivity contribution is 0.169. The summed E-state index contributed by atoms with van der Waals surface area (Å²) in [6, 6.07) is 13.7. The van der Waals surface area contributed by atoms with E-state index >= 15 is 0 Å². The van der Waals surface area contributed by atoms with Crippen molar-refractivity contribution in [2.75, 3.05) is 0 Å². The maximum atomic E-state index is 9.35. The molecule has 0 bridgehead atoms. The summed E-state index contributed by atoms with van der Waals surface area (Å²) in [6.07, 6.45) is 0.155. The van der Waals surface area contributed by atoms with Crippen LogP contribution < -0.4 is 0 Å². The van der Waals surface area contributed by atoms with Crippen molar-refractivity contribution in [3.05, 3.63) is 59.7 Å². The molecule has 2 aromatic carbocycles. The summed E-state index contributed by atoms with van der Waals surface area (Å²) in [5.74, 6) is 0.337. The van der Waals surface area contributed by atoms with Crippen molar-refractivity contribution in [2.24, 2.45) is 0 Å². The van der Waals surface area contributed by atoms with E-state index in [1.165, 1.54) is 0 Å². The Morgan fingerprint density at radius 1 is 0.682 bits per heavy atom. The van der Waals surface area contributed by atoms with Crippen molar-refractivity contribution in [1.82, 2.24) is 0 Å². The van der Waals surface area contributed by atoms with Crippen LogP contribution in [0.4, 0.5) is 0 Å². The summed E-state index contributed by atoms with van der Waals surface area (Å²) >= 11 is 0. The second-order valence-electron chi connectivity index (χ2n) is 4.97. The number of phenolic OH excluding ortho intramolecular Hbond substituents is 2. The second kappa shape index (κ2) is 9.07.